The molecule has 0 saturated heterocycles. The Hall–Kier alpha value is -3.74. The Labute approximate surface area is 213 Å². The van der Waals surface area contributed by atoms with Crippen molar-refractivity contribution < 1.29 is 4.79 Å². The molecule has 5 rings (SSSR count). The van der Waals surface area contributed by atoms with Crippen LogP contribution in [0.1, 0.15) is 27.2 Å². The van der Waals surface area contributed by atoms with E-state index in [0.29, 0.717) is 22.9 Å². The van der Waals surface area contributed by atoms with Crippen molar-refractivity contribution in [2.75, 3.05) is 4.90 Å². The van der Waals surface area contributed by atoms with E-state index in [0.717, 1.165) is 22.5 Å². The summed E-state index contributed by atoms with van der Waals surface area (Å²) in [5.74, 6) is -0.233. The second-order valence-corrected chi connectivity index (χ2v) is 9.45. The fourth-order valence-electron chi connectivity index (χ4n) is 3.85. The number of hydrogen-bond acceptors (Lipinski definition) is 4. The number of hydrogen-bond donors (Lipinski definition) is 0. The van der Waals surface area contributed by atoms with Crippen molar-refractivity contribution in [2.45, 2.75) is 20.4 Å². The van der Waals surface area contributed by atoms with E-state index in [9.17, 15) is 4.79 Å². The van der Waals surface area contributed by atoms with Crippen molar-refractivity contribution in [1.82, 2.24) is 14.8 Å². The molecule has 5 aromatic rings. The third kappa shape index (κ3) is 4.76. The SMILES string of the molecule is Cc1ccc(-c2csc(N(Cc3ccccc3)C(=O)c3c(C)nn(-c4ccccc4)c3Cl)n2)cc1. The molecule has 35 heavy (non-hydrogen) atoms. The predicted octanol–water partition coefficient (Wildman–Crippen LogP) is 7.11. The molecule has 0 aliphatic rings. The lowest BCUT2D eigenvalue weighted by molar-refractivity contribution is 0.0984. The fourth-order valence-corrected chi connectivity index (χ4v) is 5.04. The van der Waals surface area contributed by atoms with Gasteiger partial charge in [-0.05, 0) is 31.5 Å². The van der Waals surface area contributed by atoms with Gasteiger partial charge in [-0.3, -0.25) is 9.69 Å². The van der Waals surface area contributed by atoms with Gasteiger partial charge in [0.25, 0.3) is 5.91 Å². The molecule has 1 amide bonds. The Bertz CT molecular complexity index is 1460. The van der Waals surface area contributed by atoms with Gasteiger partial charge in [-0.1, -0.05) is 90.0 Å². The van der Waals surface area contributed by atoms with Gasteiger partial charge in [0.05, 0.1) is 23.6 Å². The maximum atomic E-state index is 14.0. The summed E-state index contributed by atoms with van der Waals surface area (Å²) in [6.45, 7) is 4.23. The summed E-state index contributed by atoms with van der Waals surface area (Å²) >= 11 is 8.18. The zero-order chi connectivity index (χ0) is 24.4. The van der Waals surface area contributed by atoms with E-state index in [1.54, 1.807) is 16.5 Å². The number of halogens is 1. The molecule has 0 aliphatic carbocycles. The molecular formula is C28H23ClN4OS. The van der Waals surface area contributed by atoms with Crippen molar-refractivity contribution in [3.8, 4) is 16.9 Å². The Morgan fingerprint density at radius 2 is 1.60 bits per heavy atom. The van der Waals surface area contributed by atoms with Gasteiger partial charge in [-0.2, -0.15) is 5.10 Å². The van der Waals surface area contributed by atoms with Gasteiger partial charge in [0, 0.05) is 10.9 Å². The molecule has 3 aromatic carbocycles. The standard InChI is InChI=1S/C28H23ClN4OS/c1-19-13-15-22(16-14-19)24-18-35-28(30-24)32(17-21-9-5-3-6-10-21)27(34)25-20(2)31-33(26(25)29)23-11-7-4-8-12-23/h3-16,18H,17H2,1-2H3. The highest BCUT2D eigenvalue weighted by atomic mass is 35.5. The quantitative estimate of drug-likeness (QED) is 0.250. The highest BCUT2D eigenvalue weighted by molar-refractivity contribution is 7.14. The van der Waals surface area contributed by atoms with E-state index < -0.39 is 0 Å². The van der Waals surface area contributed by atoms with Crippen LogP contribution < -0.4 is 4.90 Å². The molecular weight excluding hydrogens is 476 g/mol. The third-order valence-electron chi connectivity index (χ3n) is 5.72. The van der Waals surface area contributed by atoms with Crippen molar-refractivity contribution in [3.63, 3.8) is 0 Å². The van der Waals surface area contributed by atoms with Gasteiger partial charge in [0.2, 0.25) is 0 Å². The van der Waals surface area contributed by atoms with Crippen LogP contribution in [0.2, 0.25) is 5.15 Å². The monoisotopic (exact) mass is 498 g/mol. The summed E-state index contributed by atoms with van der Waals surface area (Å²) in [6, 6.07) is 27.6. The lowest BCUT2D eigenvalue weighted by atomic mass is 10.1. The number of rotatable bonds is 6. The van der Waals surface area contributed by atoms with Crippen molar-refractivity contribution in [1.29, 1.82) is 0 Å². The normalized spacial score (nSPS) is 10.9. The van der Waals surface area contributed by atoms with E-state index in [4.69, 9.17) is 16.6 Å². The first-order valence-corrected chi connectivity index (χ1v) is 12.5. The van der Waals surface area contributed by atoms with Crippen LogP contribution in [0.4, 0.5) is 5.13 Å². The van der Waals surface area contributed by atoms with E-state index >= 15 is 0 Å². The van der Waals surface area contributed by atoms with Gasteiger partial charge >= 0.3 is 0 Å². The number of aromatic nitrogens is 3. The Morgan fingerprint density at radius 1 is 0.943 bits per heavy atom. The minimum atomic E-state index is -0.233. The molecule has 5 nitrogen and oxygen atoms in total. The summed E-state index contributed by atoms with van der Waals surface area (Å²) in [4.78, 5) is 20.5. The van der Waals surface area contributed by atoms with Crippen LogP contribution in [0.15, 0.2) is 90.3 Å². The number of carbonyl (C=O) groups excluding carboxylic acids is 1. The van der Waals surface area contributed by atoms with Gasteiger partial charge in [-0.25, -0.2) is 9.67 Å². The molecule has 0 spiro atoms. The first-order chi connectivity index (χ1) is 17.0. The molecule has 0 aliphatic heterocycles. The van der Waals surface area contributed by atoms with Crippen molar-refractivity contribution >= 4 is 34.0 Å². The number of anilines is 1. The molecule has 0 fully saturated rings. The maximum absolute atomic E-state index is 14.0. The fraction of sp³-hybridized carbons (Fsp3) is 0.107. The molecule has 7 heteroatoms. The topological polar surface area (TPSA) is 51.0 Å². The Balaban J connectivity index is 1.55. The summed E-state index contributed by atoms with van der Waals surface area (Å²) in [5.41, 5.74) is 5.76. The lowest BCUT2D eigenvalue weighted by Gasteiger charge is -2.20. The molecule has 0 saturated carbocycles. The van der Waals surface area contributed by atoms with E-state index in [1.165, 1.54) is 16.9 Å². The van der Waals surface area contributed by atoms with E-state index in [-0.39, 0.29) is 11.1 Å². The van der Waals surface area contributed by atoms with Crippen LogP contribution in [0.25, 0.3) is 16.9 Å². The summed E-state index contributed by atoms with van der Waals surface area (Å²) in [6.07, 6.45) is 0. The molecule has 0 N–H and O–H groups in total. The smallest absolute Gasteiger partial charge is 0.265 e. The van der Waals surface area contributed by atoms with E-state index in [2.05, 4.69) is 24.2 Å². The van der Waals surface area contributed by atoms with Crippen LogP contribution >= 0.6 is 22.9 Å². The minimum absolute atomic E-state index is 0.233. The van der Waals surface area contributed by atoms with Gasteiger partial charge in [0.1, 0.15) is 10.7 Å². The molecule has 0 bridgehead atoms. The number of thiazole rings is 1. The Kier molecular flexibility index (Phi) is 6.49. The van der Waals surface area contributed by atoms with Gasteiger partial charge in [-0.15, -0.1) is 11.3 Å². The number of benzene rings is 3. The summed E-state index contributed by atoms with van der Waals surface area (Å²) < 4.78 is 1.60. The van der Waals surface area contributed by atoms with Crippen LogP contribution in [0.5, 0.6) is 0 Å². The highest BCUT2D eigenvalue weighted by Gasteiger charge is 2.28. The molecule has 174 valence electrons. The number of carbonyl (C=O) groups is 1. The second-order valence-electron chi connectivity index (χ2n) is 8.26. The van der Waals surface area contributed by atoms with Crippen LogP contribution in [0.3, 0.4) is 0 Å². The first kappa shape index (κ1) is 23.0. The largest absolute Gasteiger partial charge is 0.279 e. The Morgan fingerprint density at radius 3 is 2.29 bits per heavy atom. The minimum Gasteiger partial charge on any atom is -0.279 e. The summed E-state index contributed by atoms with van der Waals surface area (Å²) in [7, 11) is 0. The predicted molar refractivity (Wildman–Crippen MR) is 143 cm³/mol. The molecule has 0 atom stereocenters. The molecule has 2 aromatic heterocycles. The zero-order valence-corrected chi connectivity index (χ0v) is 20.9. The van der Waals surface area contributed by atoms with Crippen LogP contribution in [0, 0.1) is 13.8 Å². The summed E-state index contributed by atoms with van der Waals surface area (Å²) in [5, 5.41) is 7.44. The molecule has 0 radical (unpaired) electrons. The maximum Gasteiger partial charge on any atom is 0.265 e. The van der Waals surface area contributed by atoms with Gasteiger partial charge in [0.15, 0.2) is 5.13 Å². The lowest BCUT2D eigenvalue weighted by Crippen LogP contribution is -2.31. The van der Waals surface area contributed by atoms with Crippen LogP contribution in [-0.4, -0.2) is 20.7 Å². The van der Waals surface area contributed by atoms with Crippen molar-refractivity contribution in [2.24, 2.45) is 0 Å². The van der Waals surface area contributed by atoms with Crippen LogP contribution in [-0.2, 0) is 6.54 Å². The average Bonchev–Trinajstić information content (AvgIpc) is 3.48. The van der Waals surface area contributed by atoms with E-state index in [1.807, 2.05) is 78.2 Å². The second kappa shape index (κ2) is 9.86. The average molecular weight is 499 g/mol. The first-order valence-electron chi connectivity index (χ1n) is 11.2. The number of nitrogens with zero attached hydrogens (tertiary/aromatic N) is 4. The van der Waals surface area contributed by atoms with Gasteiger partial charge < -0.3 is 0 Å². The molecule has 0 unspecified atom stereocenters. The molecule has 2 heterocycles. The third-order valence-corrected chi connectivity index (χ3v) is 6.93. The highest BCUT2D eigenvalue weighted by Crippen LogP contribution is 2.32. The zero-order valence-electron chi connectivity index (χ0n) is 19.4. The van der Waals surface area contributed by atoms with Crippen molar-refractivity contribution in [3.05, 3.63) is 118 Å². The number of para-hydroxylation sites is 1. The number of amides is 1. The number of aryl methyl sites for hydroxylation is 2.